The second kappa shape index (κ2) is 4.82. The number of hydrogen-bond donors (Lipinski definition) is 2. The Hall–Kier alpha value is -0.600. The van der Waals surface area contributed by atoms with Gasteiger partial charge in [-0.25, -0.2) is 0 Å². The molecule has 0 amide bonds. The first kappa shape index (κ1) is 12.4. The lowest BCUT2D eigenvalue weighted by Gasteiger charge is -2.23. The molecule has 2 fully saturated rings. The number of fused-ring (bicyclic) bond motifs is 2. The lowest BCUT2D eigenvalue weighted by Crippen LogP contribution is -2.20. The Morgan fingerprint density at radius 2 is 1.94 bits per heavy atom. The maximum Gasteiger partial charge on any atom is 0.0614 e. The quantitative estimate of drug-likeness (QED) is 0.806. The molecule has 4 heteroatoms. The predicted molar refractivity (Wildman–Crippen MR) is 78.3 cm³/mol. The first-order valence-electron chi connectivity index (χ1n) is 6.62. The van der Waals surface area contributed by atoms with Crippen molar-refractivity contribution < 1.29 is 0 Å². The van der Waals surface area contributed by atoms with E-state index in [0.29, 0.717) is 15.7 Å². The van der Waals surface area contributed by atoms with Crippen LogP contribution in [0.3, 0.4) is 0 Å². The van der Waals surface area contributed by atoms with Gasteiger partial charge < -0.3 is 11.1 Å². The van der Waals surface area contributed by atoms with Crippen LogP contribution in [0.25, 0.3) is 0 Å². The smallest absolute Gasteiger partial charge is 0.0614 e. The van der Waals surface area contributed by atoms with Crippen LogP contribution in [-0.4, -0.2) is 6.54 Å². The van der Waals surface area contributed by atoms with Gasteiger partial charge >= 0.3 is 0 Å². The lowest BCUT2D eigenvalue weighted by atomic mass is 9.89. The number of anilines is 2. The number of halogens is 2. The predicted octanol–water partition coefficient (Wildman–Crippen LogP) is 4.42. The normalized spacial score (nSPS) is 29.8. The van der Waals surface area contributed by atoms with Gasteiger partial charge in [-0.3, -0.25) is 0 Å². The Kier molecular flexibility index (Phi) is 3.33. The molecular weight excluding hydrogens is 267 g/mol. The van der Waals surface area contributed by atoms with Crippen molar-refractivity contribution in [2.45, 2.75) is 25.7 Å². The van der Waals surface area contributed by atoms with E-state index in [1.165, 1.54) is 25.7 Å². The fraction of sp³-hybridized carbons (Fsp3) is 0.571. The topological polar surface area (TPSA) is 38.0 Å². The lowest BCUT2D eigenvalue weighted by molar-refractivity contribution is 0.348. The number of nitrogens with one attached hydrogen (secondary N) is 1. The summed E-state index contributed by atoms with van der Waals surface area (Å²) in [7, 11) is 0. The van der Waals surface area contributed by atoms with E-state index in [0.717, 1.165) is 30.0 Å². The molecule has 0 spiro atoms. The number of rotatable bonds is 3. The van der Waals surface area contributed by atoms with Gasteiger partial charge in [0.2, 0.25) is 0 Å². The molecule has 0 radical (unpaired) electrons. The monoisotopic (exact) mass is 284 g/mol. The van der Waals surface area contributed by atoms with Crippen molar-refractivity contribution in [1.29, 1.82) is 0 Å². The summed E-state index contributed by atoms with van der Waals surface area (Å²) in [6, 6.07) is 3.54. The molecule has 2 aliphatic carbocycles. The van der Waals surface area contributed by atoms with E-state index in [1.54, 1.807) is 6.07 Å². The summed E-state index contributed by atoms with van der Waals surface area (Å²) in [4.78, 5) is 0. The fourth-order valence-electron chi connectivity index (χ4n) is 3.58. The molecule has 2 saturated carbocycles. The summed E-state index contributed by atoms with van der Waals surface area (Å²) < 4.78 is 0. The van der Waals surface area contributed by atoms with Gasteiger partial charge in [-0.15, -0.1) is 0 Å². The molecule has 0 saturated heterocycles. The molecule has 0 aromatic heterocycles. The molecule has 0 aliphatic heterocycles. The van der Waals surface area contributed by atoms with Crippen LogP contribution in [0.15, 0.2) is 12.1 Å². The third-order valence-corrected chi connectivity index (χ3v) is 5.25. The molecule has 3 N–H and O–H groups in total. The van der Waals surface area contributed by atoms with E-state index in [1.807, 2.05) is 6.07 Å². The van der Waals surface area contributed by atoms with E-state index in [2.05, 4.69) is 5.32 Å². The van der Waals surface area contributed by atoms with Gasteiger partial charge in [0.15, 0.2) is 0 Å². The fourth-order valence-corrected chi connectivity index (χ4v) is 3.92. The summed E-state index contributed by atoms with van der Waals surface area (Å²) in [5.41, 5.74) is 7.53. The maximum atomic E-state index is 6.02. The minimum absolute atomic E-state index is 0.514. The zero-order chi connectivity index (χ0) is 12.7. The van der Waals surface area contributed by atoms with E-state index in [9.17, 15) is 0 Å². The van der Waals surface area contributed by atoms with Crippen molar-refractivity contribution in [3.63, 3.8) is 0 Å². The van der Waals surface area contributed by atoms with Crippen LogP contribution in [0.4, 0.5) is 11.4 Å². The summed E-state index contributed by atoms with van der Waals surface area (Å²) in [5, 5.41) is 4.51. The average Bonchev–Trinajstić information content (AvgIpc) is 2.94. The van der Waals surface area contributed by atoms with Gasteiger partial charge in [0.25, 0.3) is 0 Å². The Morgan fingerprint density at radius 3 is 2.61 bits per heavy atom. The van der Waals surface area contributed by atoms with Crippen LogP contribution < -0.4 is 11.1 Å². The van der Waals surface area contributed by atoms with Crippen molar-refractivity contribution >= 4 is 34.6 Å². The maximum absolute atomic E-state index is 6.02. The molecule has 18 heavy (non-hydrogen) atoms. The third-order valence-electron chi connectivity index (χ3n) is 4.53. The van der Waals surface area contributed by atoms with Gasteiger partial charge in [-0.05, 0) is 49.1 Å². The molecule has 3 unspecified atom stereocenters. The Labute approximate surface area is 118 Å². The van der Waals surface area contributed by atoms with Gasteiger partial charge in [0.1, 0.15) is 0 Å². The minimum atomic E-state index is 0.514. The van der Waals surface area contributed by atoms with Crippen LogP contribution in [0.1, 0.15) is 25.7 Å². The molecule has 1 aromatic rings. The molecule has 1 aromatic carbocycles. The van der Waals surface area contributed by atoms with Crippen molar-refractivity contribution in [2.24, 2.45) is 17.8 Å². The molecule has 2 bridgehead atoms. The SMILES string of the molecule is Nc1cc(Cl)c(Cl)cc1NCC1CC2CCC1C2. The van der Waals surface area contributed by atoms with Crippen LogP contribution in [0, 0.1) is 17.8 Å². The van der Waals surface area contributed by atoms with Crippen LogP contribution in [-0.2, 0) is 0 Å². The standard InChI is InChI=1S/C14H18Cl2N2/c15-11-5-13(17)14(6-12(11)16)18-7-10-4-8-1-2-9(10)3-8/h5-6,8-10,18H,1-4,7,17H2. The first-order chi connectivity index (χ1) is 8.63. The molecule has 0 heterocycles. The van der Waals surface area contributed by atoms with Crippen LogP contribution >= 0.6 is 23.2 Å². The van der Waals surface area contributed by atoms with Crippen molar-refractivity contribution in [3.05, 3.63) is 22.2 Å². The second-order valence-electron chi connectivity index (χ2n) is 5.67. The van der Waals surface area contributed by atoms with Crippen molar-refractivity contribution in [3.8, 4) is 0 Å². The number of benzene rings is 1. The summed E-state index contributed by atoms with van der Waals surface area (Å²) >= 11 is 11.9. The van der Waals surface area contributed by atoms with E-state index in [4.69, 9.17) is 28.9 Å². The van der Waals surface area contributed by atoms with Gasteiger partial charge in [-0.2, -0.15) is 0 Å². The van der Waals surface area contributed by atoms with Crippen LogP contribution in [0.5, 0.6) is 0 Å². The average molecular weight is 285 g/mol. The molecule has 98 valence electrons. The second-order valence-corrected chi connectivity index (χ2v) is 6.48. The zero-order valence-corrected chi connectivity index (χ0v) is 11.8. The first-order valence-corrected chi connectivity index (χ1v) is 7.37. The van der Waals surface area contributed by atoms with Crippen molar-refractivity contribution in [2.75, 3.05) is 17.6 Å². The number of nitrogens with two attached hydrogens (primary N) is 1. The molecule has 3 rings (SSSR count). The molecule has 2 nitrogen and oxygen atoms in total. The Balaban J connectivity index is 1.65. The Bertz CT molecular complexity index is 461. The number of nitrogen functional groups attached to an aromatic ring is 1. The summed E-state index contributed by atoms with van der Waals surface area (Å²) in [6.07, 6.45) is 5.66. The molecule has 2 aliphatic rings. The molecular formula is C14H18Cl2N2. The van der Waals surface area contributed by atoms with Gasteiger partial charge in [0.05, 0.1) is 21.4 Å². The van der Waals surface area contributed by atoms with Crippen molar-refractivity contribution in [1.82, 2.24) is 0 Å². The van der Waals surface area contributed by atoms with Gasteiger partial charge in [0, 0.05) is 6.54 Å². The van der Waals surface area contributed by atoms with E-state index in [-0.39, 0.29) is 0 Å². The van der Waals surface area contributed by atoms with E-state index < -0.39 is 0 Å². The highest BCUT2D eigenvalue weighted by Gasteiger charge is 2.39. The number of hydrogen-bond acceptors (Lipinski definition) is 2. The summed E-state index contributed by atoms with van der Waals surface area (Å²) in [6.45, 7) is 1.00. The molecule has 3 atom stereocenters. The minimum Gasteiger partial charge on any atom is -0.397 e. The third kappa shape index (κ3) is 2.28. The summed E-state index contributed by atoms with van der Waals surface area (Å²) in [5.74, 6) is 2.71. The largest absolute Gasteiger partial charge is 0.397 e. The van der Waals surface area contributed by atoms with Crippen LogP contribution in [0.2, 0.25) is 10.0 Å². The highest BCUT2D eigenvalue weighted by Crippen LogP contribution is 2.48. The highest BCUT2D eigenvalue weighted by molar-refractivity contribution is 6.42. The van der Waals surface area contributed by atoms with Gasteiger partial charge in [-0.1, -0.05) is 29.6 Å². The Morgan fingerprint density at radius 1 is 1.17 bits per heavy atom. The highest BCUT2D eigenvalue weighted by atomic mass is 35.5. The van der Waals surface area contributed by atoms with E-state index >= 15 is 0 Å². The zero-order valence-electron chi connectivity index (χ0n) is 10.3.